The van der Waals surface area contributed by atoms with Gasteiger partial charge in [-0.1, -0.05) is 137 Å². The largest absolute Gasteiger partial charge is 0.456 e. The minimum atomic E-state index is -0.0954. The lowest BCUT2D eigenvalue weighted by molar-refractivity contribution is 0.660. The summed E-state index contributed by atoms with van der Waals surface area (Å²) in [6.07, 6.45) is 0. The average molecular weight is 720 g/mol. The second-order valence-corrected chi connectivity index (χ2v) is 16.6. The summed E-state index contributed by atoms with van der Waals surface area (Å²) in [5, 5.41) is 2.23. The van der Waals surface area contributed by atoms with Crippen molar-refractivity contribution in [1.29, 1.82) is 0 Å². The Bertz CT molecular complexity index is 2910. The first-order chi connectivity index (χ1) is 27.3. The van der Waals surface area contributed by atoms with Gasteiger partial charge in [0.05, 0.1) is 0 Å². The first kappa shape index (κ1) is 32.8. The fraction of sp³-hybridized carbons (Fsp3) is 0.111. The molecule has 2 nitrogen and oxygen atoms in total. The van der Waals surface area contributed by atoms with Crippen molar-refractivity contribution in [3.8, 4) is 44.5 Å². The van der Waals surface area contributed by atoms with E-state index in [1.54, 1.807) is 0 Å². The zero-order chi connectivity index (χ0) is 37.8. The maximum Gasteiger partial charge on any atom is 0.135 e. The predicted molar refractivity (Wildman–Crippen MR) is 234 cm³/mol. The van der Waals surface area contributed by atoms with E-state index in [2.05, 4.69) is 196 Å². The van der Waals surface area contributed by atoms with E-state index in [-0.39, 0.29) is 10.8 Å². The van der Waals surface area contributed by atoms with Gasteiger partial charge in [-0.2, -0.15) is 0 Å². The van der Waals surface area contributed by atoms with Crippen LogP contribution in [0.15, 0.2) is 180 Å². The Morgan fingerprint density at radius 1 is 0.339 bits per heavy atom. The third-order valence-corrected chi connectivity index (χ3v) is 12.6. The molecular weight excluding hydrogens is 679 g/mol. The predicted octanol–water partition coefficient (Wildman–Crippen LogP) is 15.0. The second kappa shape index (κ2) is 11.9. The van der Waals surface area contributed by atoms with Crippen molar-refractivity contribution in [3.63, 3.8) is 0 Å². The van der Waals surface area contributed by atoms with Crippen LogP contribution in [-0.2, 0) is 10.8 Å². The molecule has 0 fully saturated rings. The lowest BCUT2D eigenvalue weighted by Crippen LogP contribution is -2.15. The smallest absolute Gasteiger partial charge is 0.135 e. The maximum atomic E-state index is 6.29. The van der Waals surface area contributed by atoms with E-state index in [9.17, 15) is 0 Å². The van der Waals surface area contributed by atoms with Crippen LogP contribution in [0.5, 0.6) is 0 Å². The lowest BCUT2D eigenvalue weighted by atomic mass is 9.81. The second-order valence-electron chi connectivity index (χ2n) is 16.6. The van der Waals surface area contributed by atoms with Crippen LogP contribution < -0.4 is 4.90 Å². The molecule has 9 aromatic rings. The zero-order valence-corrected chi connectivity index (χ0v) is 32.1. The lowest BCUT2D eigenvalue weighted by Gasteiger charge is -2.27. The summed E-state index contributed by atoms with van der Waals surface area (Å²) in [6, 6.07) is 64.8. The topological polar surface area (TPSA) is 16.4 Å². The Morgan fingerprint density at radius 2 is 0.857 bits per heavy atom. The summed E-state index contributed by atoms with van der Waals surface area (Å²) in [4.78, 5) is 2.40. The molecule has 2 aliphatic carbocycles. The third-order valence-electron chi connectivity index (χ3n) is 12.6. The van der Waals surface area contributed by atoms with Crippen LogP contribution >= 0.6 is 0 Å². The molecule has 0 bridgehead atoms. The van der Waals surface area contributed by atoms with Gasteiger partial charge in [-0.25, -0.2) is 0 Å². The van der Waals surface area contributed by atoms with Crippen molar-refractivity contribution in [2.45, 2.75) is 38.5 Å². The highest BCUT2D eigenvalue weighted by Crippen LogP contribution is 2.52. The molecule has 2 heteroatoms. The van der Waals surface area contributed by atoms with Gasteiger partial charge in [-0.05, 0) is 133 Å². The van der Waals surface area contributed by atoms with Crippen LogP contribution in [0, 0.1) is 0 Å². The molecule has 0 N–H and O–H groups in total. The maximum absolute atomic E-state index is 6.29. The summed E-state index contributed by atoms with van der Waals surface area (Å²) >= 11 is 0. The van der Waals surface area contributed by atoms with Crippen molar-refractivity contribution in [1.82, 2.24) is 0 Å². The molecule has 0 saturated heterocycles. The molecule has 2 aliphatic rings. The van der Waals surface area contributed by atoms with Crippen molar-refractivity contribution >= 4 is 39.0 Å². The molecular formula is C54H41NO. The number of anilines is 3. The summed E-state index contributed by atoms with van der Waals surface area (Å²) in [7, 11) is 0. The van der Waals surface area contributed by atoms with Crippen LogP contribution in [0.3, 0.4) is 0 Å². The minimum absolute atomic E-state index is 0.0954. The monoisotopic (exact) mass is 719 g/mol. The molecule has 0 spiro atoms. The van der Waals surface area contributed by atoms with Crippen molar-refractivity contribution in [2.24, 2.45) is 0 Å². The van der Waals surface area contributed by atoms with Gasteiger partial charge in [0.2, 0.25) is 0 Å². The molecule has 268 valence electrons. The Kier molecular flexibility index (Phi) is 6.98. The normalized spacial score (nSPS) is 14.4. The highest BCUT2D eigenvalue weighted by Gasteiger charge is 2.36. The molecule has 0 aliphatic heterocycles. The first-order valence-corrected chi connectivity index (χ1v) is 19.7. The quantitative estimate of drug-likeness (QED) is 0.176. The van der Waals surface area contributed by atoms with E-state index >= 15 is 0 Å². The van der Waals surface area contributed by atoms with Crippen molar-refractivity contribution in [3.05, 3.63) is 198 Å². The molecule has 0 amide bonds. The van der Waals surface area contributed by atoms with Gasteiger partial charge in [-0.3, -0.25) is 0 Å². The van der Waals surface area contributed by atoms with Crippen LogP contribution in [0.4, 0.5) is 17.1 Å². The van der Waals surface area contributed by atoms with Crippen LogP contribution in [0.25, 0.3) is 66.4 Å². The molecule has 0 unspecified atom stereocenters. The van der Waals surface area contributed by atoms with Gasteiger partial charge in [0.1, 0.15) is 11.2 Å². The number of fused-ring (bicyclic) bond motifs is 9. The Balaban J connectivity index is 1.14. The van der Waals surface area contributed by atoms with Gasteiger partial charge in [0.25, 0.3) is 0 Å². The Morgan fingerprint density at radius 3 is 1.48 bits per heavy atom. The highest BCUT2D eigenvalue weighted by atomic mass is 16.3. The van der Waals surface area contributed by atoms with Crippen molar-refractivity contribution < 1.29 is 4.42 Å². The average Bonchev–Trinajstić information content (AvgIpc) is 3.80. The van der Waals surface area contributed by atoms with Gasteiger partial charge in [0, 0.05) is 38.7 Å². The summed E-state index contributed by atoms with van der Waals surface area (Å²) in [6.45, 7) is 9.45. The number of hydrogen-bond acceptors (Lipinski definition) is 2. The number of benzene rings is 8. The molecule has 1 aromatic heterocycles. The van der Waals surface area contributed by atoms with Gasteiger partial charge in [0.15, 0.2) is 0 Å². The summed E-state index contributed by atoms with van der Waals surface area (Å²) < 4.78 is 6.29. The third kappa shape index (κ3) is 4.82. The highest BCUT2D eigenvalue weighted by molar-refractivity contribution is 6.06. The van der Waals surface area contributed by atoms with Crippen molar-refractivity contribution in [2.75, 3.05) is 4.90 Å². The number of para-hydroxylation sites is 2. The zero-order valence-electron chi connectivity index (χ0n) is 32.1. The fourth-order valence-electron chi connectivity index (χ4n) is 9.72. The molecule has 0 radical (unpaired) electrons. The van der Waals surface area contributed by atoms with E-state index in [1.807, 2.05) is 12.1 Å². The SMILES string of the molecule is CC1(C)c2ccccc2-c2ccc(-c3cc(-c4ccc5c(c4)C(C)(C)c4ccccc4-5)cc(N(c4ccccc4)c4ccc5oc6ccccc6c5c4)c3)cc21. The molecule has 8 aromatic carbocycles. The minimum Gasteiger partial charge on any atom is -0.456 e. The van der Waals surface area contributed by atoms with E-state index in [0.717, 1.165) is 39.0 Å². The number of nitrogens with zero attached hydrogens (tertiary/aromatic N) is 1. The number of hydrogen-bond donors (Lipinski definition) is 0. The Hall–Kier alpha value is -6.64. The van der Waals surface area contributed by atoms with Gasteiger partial charge < -0.3 is 9.32 Å². The molecule has 1 heterocycles. The van der Waals surface area contributed by atoms with Crippen LogP contribution in [-0.4, -0.2) is 0 Å². The van der Waals surface area contributed by atoms with E-state index in [4.69, 9.17) is 4.42 Å². The first-order valence-electron chi connectivity index (χ1n) is 19.7. The summed E-state index contributed by atoms with van der Waals surface area (Å²) in [5.41, 5.74) is 20.5. The molecule has 0 atom stereocenters. The fourth-order valence-corrected chi connectivity index (χ4v) is 9.72. The number of rotatable bonds is 5. The van der Waals surface area contributed by atoms with E-state index < -0.39 is 0 Å². The van der Waals surface area contributed by atoms with Gasteiger partial charge >= 0.3 is 0 Å². The molecule has 11 rings (SSSR count). The molecule has 0 saturated carbocycles. The Labute approximate surface area is 328 Å². The number of furan rings is 1. The van der Waals surface area contributed by atoms with Crippen LogP contribution in [0.2, 0.25) is 0 Å². The van der Waals surface area contributed by atoms with E-state index in [0.29, 0.717) is 0 Å². The van der Waals surface area contributed by atoms with Crippen LogP contribution in [0.1, 0.15) is 49.9 Å². The standard InChI is InChI=1S/C54H41NO/c1-53(2)47-19-11-8-16-41(47)43-25-22-34(31-49(43)53)36-28-37(35-23-26-44-42-17-9-12-20-48(42)54(3,4)50(44)32-35)30-40(29-36)55(38-14-6-5-7-15-38)39-24-27-52-46(33-39)45-18-10-13-21-51(45)56-52/h5-33H,1-4H3. The van der Waals surface area contributed by atoms with Gasteiger partial charge in [-0.15, -0.1) is 0 Å². The van der Waals surface area contributed by atoms with E-state index in [1.165, 1.54) is 66.8 Å². The molecule has 56 heavy (non-hydrogen) atoms. The summed E-state index contributed by atoms with van der Waals surface area (Å²) in [5.74, 6) is 0.